The molecule has 0 fully saturated rings. The van der Waals surface area contributed by atoms with Crippen LogP contribution in [-0.4, -0.2) is 23.6 Å². The molecule has 0 saturated heterocycles. The molecular weight excluding hydrogens is 308 g/mol. The van der Waals surface area contributed by atoms with Gasteiger partial charge in [0, 0.05) is 6.04 Å². The van der Waals surface area contributed by atoms with Gasteiger partial charge < -0.3 is 0 Å². The second-order valence-corrected chi connectivity index (χ2v) is 9.92. The van der Waals surface area contributed by atoms with Crippen LogP contribution in [0.15, 0.2) is 18.2 Å². The Morgan fingerprint density at radius 2 is 1.81 bits per heavy atom. The molecule has 21 heavy (non-hydrogen) atoms. The first-order chi connectivity index (χ1) is 9.40. The third-order valence-electron chi connectivity index (χ3n) is 2.89. The lowest BCUT2D eigenvalue weighted by Crippen LogP contribution is -2.34. The van der Waals surface area contributed by atoms with E-state index in [0.717, 1.165) is 17.4 Å². The maximum Gasteiger partial charge on any atom is 0.229 e. The van der Waals surface area contributed by atoms with Gasteiger partial charge in [0.1, 0.15) is 0 Å². The Kier molecular flexibility index (Phi) is 5.57. The lowest BCUT2D eigenvalue weighted by molar-refractivity contribution is 0.606. The molecule has 1 rings (SSSR count). The van der Waals surface area contributed by atoms with Crippen LogP contribution < -0.4 is 9.44 Å². The van der Waals surface area contributed by atoms with Crippen molar-refractivity contribution >= 4 is 26.7 Å². The number of nitrogens with one attached hydrogen (secondary N) is 2. The molecule has 0 aromatic heterocycles. The predicted octanol–water partition coefficient (Wildman–Crippen LogP) is 2.48. The maximum absolute atomic E-state index is 12.1. The van der Waals surface area contributed by atoms with Crippen LogP contribution >= 0.6 is 0 Å². The van der Waals surface area contributed by atoms with E-state index in [9.17, 15) is 12.6 Å². The molecule has 1 unspecified atom stereocenters. The molecule has 2 atom stereocenters. The molecule has 0 heterocycles. The highest BCUT2D eigenvalue weighted by atomic mass is 32.2. The molecule has 0 aliphatic heterocycles. The monoisotopic (exact) mass is 332 g/mol. The first-order valence-electron chi connectivity index (χ1n) is 6.66. The molecule has 120 valence electrons. The minimum atomic E-state index is -3.29. The SMILES string of the molecule is Cc1cc([C@@H](C)NS(=O)C(C)(C)C)ccc1NS(C)(=O)=O. The van der Waals surface area contributed by atoms with Crippen molar-refractivity contribution < 1.29 is 12.6 Å². The minimum absolute atomic E-state index is 0.0870. The molecule has 0 aliphatic rings. The second kappa shape index (κ2) is 6.46. The Bertz CT molecular complexity index is 634. The van der Waals surface area contributed by atoms with Crippen LogP contribution in [0, 0.1) is 6.92 Å². The van der Waals surface area contributed by atoms with Crippen LogP contribution in [0.5, 0.6) is 0 Å². The van der Waals surface area contributed by atoms with Crippen molar-refractivity contribution in [1.82, 2.24) is 4.72 Å². The zero-order valence-electron chi connectivity index (χ0n) is 13.4. The molecule has 5 nitrogen and oxygen atoms in total. The molecule has 0 spiro atoms. The summed E-state index contributed by atoms with van der Waals surface area (Å²) < 4.78 is 39.8. The zero-order valence-corrected chi connectivity index (χ0v) is 15.0. The third kappa shape index (κ3) is 5.76. The lowest BCUT2D eigenvalue weighted by Gasteiger charge is -2.22. The highest BCUT2D eigenvalue weighted by molar-refractivity contribution is 7.92. The van der Waals surface area contributed by atoms with Gasteiger partial charge in [-0.15, -0.1) is 0 Å². The van der Waals surface area contributed by atoms with Crippen molar-refractivity contribution in [3.8, 4) is 0 Å². The van der Waals surface area contributed by atoms with Crippen LogP contribution in [0.4, 0.5) is 5.69 Å². The van der Waals surface area contributed by atoms with E-state index in [0.29, 0.717) is 5.69 Å². The van der Waals surface area contributed by atoms with Crippen molar-refractivity contribution in [3.05, 3.63) is 29.3 Å². The van der Waals surface area contributed by atoms with E-state index < -0.39 is 21.0 Å². The number of hydrogen-bond acceptors (Lipinski definition) is 3. The number of rotatable bonds is 5. The molecule has 0 amide bonds. The van der Waals surface area contributed by atoms with Gasteiger partial charge in [-0.25, -0.2) is 17.3 Å². The normalized spacial score (nSPS) is 15.5. The first kappa shape index (κ1) is 18.1. The van der Waals surface area contributed by atoms with Crippen molar-refractivity contribution in [2.75, 3.05) is 11.0 Å². The van der Waals surface area contributed by atoms with E-state index in [1.807, 2.05) is 46.8 Å². The summed E-state index contributed by atoms with van der Waals surface area (Å²) in [6.45, 7) is 9.50. The van der Waals surface area contributed by atoms with Gasteiger partial charge in [-0.2, -0.15) is 0 Å². The van der Waals surface area contributed by atoms with Gasteiger partial charge in [-0.1, -0.05) is 12.1 Å². The largest absolute Gasteiger partial charge is 0.284 e. The van der Waals surface area contributed by atoms with Crippen LogP contribution in [0.3, 0.4) is 0 Å². The summed E-state index contributed by atoms with van der Waals surface area (Å²) in [4.78, 5) is 0. The van der Waals surface area contributed by atoms with Gasteiger partial charge in [0.05, 0.1) is 27.7 Å². The summed E-state index contributed by atoms with van der Waals surface area (Å²) in [5, 5.41) is 0. The Labute approximate surface area is 130 Å². The highest BCUT2D eigenvalue weighted by Crippen LogP contribution is 2.23. The fraction of sp³-hybridized carbons (Fsp3) is 0.571. The van der Waals surface area contributed by atoms with Gasteiger partial charge in [0.25, 0.3) is 0 Å². The molecule has 0 saturated carbocycles. The molecule has 7 heteroatoms. The topological polar surface area (TPSA) is 75.3 Å². The number of benzene rings is 1. The summed E-state index contributed by atoms with van der Waals surface area (Å²) in [7, 11) is -4.44. The van der Waals surface area contributed by atoms with Gasteiger partial charge in [0.2, 0.25) is 10.0 Å². The Hall–Kier alpha value is -0.920. The van der Waals surface area contributed by atoms with Crippen LogP contribution in [-0.2, 0) is 21.0 Å². The molecule has 0 aliphatic carbocycles. The van der Waals surface area contributed by atoms with Gasteiger partial charge in [-0.05, 0) is 51.8 Å². The molecule has 1 aromatic rings. The Morgan fingerprint density at radius 3 is 2.24 bits per heavy atom. The predicted molar refractivity (Wildman–Crippen MR) is 89.1 cm³/mol. The van der Waals surface area contributed by atoms with Gasteiger partial charge >= 0.3 is 0 Å². The number of hydrogen-bond donors (Lipinski definition) is 2. The van der Waals surface area contributed by atoms with E-state index >= 15 is 0 Å². The zero-order chi connectivity index (χ0) is 16.4. The summed E-state index contributed by atoms with van der Waals surface area (Å²) in [5.74, 6) is 0. The van der Waals surface area contributed by atoms with Crippen molar-refractivity contribution in [2.45, 2.75) is 45.4 Å². The fourth-order valence-electron chi connectivity index (χ4n) is 1.68. The number of sulfonamides is 1. The van der Waals surface area contributed by atoms with Crippen LogP contribution in [0.2, 0.25) is 0 Å². The average molecular weight is 332 g/mol. The number of aryl methyl sites for hydroxylation is 1. The smallest absolute Gasteiger partial charge is 0.229 e. The lowest BCUT2D eigenvalue weighted by atomic mass is 10.1. The first-order valence-corrected chi connectivity index (χ1v) is 9.70. The third-order valence-corrected chi connectivity index (χ3v) is 5.16. The Balaban J connectivity index is 2.91. The quantitative estimate of drug-likeness (QED) is 0.870. The minimum Gasteiger partial charge on any atom is -0.284 e. The Morgan fingerprint density at radius 1 is 1.24 bits per heavy atom. The molecule has 1 aromatic carbocycles. The van der Waals surface area contributed by atoms with Crippen LogP contribution in [0.1, 0.15) is 44.9 Å². The van der Waals surface area contributed by atoms with Crippen molar-refractivity contribution in [3.63, 3.8) is 0 Å². The van der Waals surface area contributed by atoms with E-state index in [2.05, 4.69) is 9.44 Å². The van der Waals surface area contributed by atoms with E-state index in [4.69, 9.17) is 0 Å². The van der Waals surface area contributed by atoms with E-state index in [1.54, 1.807) is 6.07 Å². The fourth-order valence-corrected chi connectivity index (χ4v) is 3.12. The second-order valence-electron chi connectivity index (χ2n) is 6.17. The molecular formula is C14H24N2O3S2. The van der Waals surface area contributed by atoms with Crippen molar-refractivity contribution in [1.29, 1.82) is 0 Å². The molecule has 0 bridgehead atoms. The molecule has 0 radical (unpaired) electrons. The van der Waals surface area contributed by atoms with E-state index in [-0.39, 0.29) is 10.8 Å². The summed E-state index contributed by atoms with van der Waals surface area (Å²) in [6.07, 6.45) is 1.12. The van der Waals surface area contributed by atoms with E-state index in [1.165, 1.54) is 0 Å². The number of anilines is 1. The summed E-state index contributed by atoms with van der Waals surface area (Å²) in [5.41, 5.74) is 2.35. The van der Waals surface area contributed by atoms with Crippen LogP contribution in [0.25, 0.3) is 0 Å². The molecule has 2 N–H and O–H groups in total. The average Bonchev–Trinajstić information content (AvgIpc) is 2.28. The van der Waals surface area contributed by atoms with Gasteiger partial charge in [0.15, 0.2) is 0 Å². The summed E-state index contributed by atoms with van der Waals surface area (Å²) >= 11 is 0. The highest BCUT2D eigenvalue weighted by Gasteiger charge is 2.21. The summed E-state index contributed by atoms with van der Waals surface area (Å²) in [6, 6.07) is 5.36. The maximum atomic E-state index is 12.1. The standard InChI is InChI=1S/C14H24N2O3S2/c1-10-9-12(7-8-13(10)16-21(6,18)19)11(2)15-20(17)14(3,4)5/h7-9,11,15-16H,1-6H3/t11-,20?/m1/s1. The van der Waals surface area contributed by atoms with Gasteiger partial charge in [-0.3, -0.25) is 4.72 Å². The van der Waals surface area contributed by atoms with Crippen molar-refractivity contribution in [2.24, 2.45) is 0 Å².